The van der Waals surface area contributed by atoms with Gasteiger partial charge in [0, 0.05) is 0 Å². The van der Waals surface area contributed by atoms with E-state index in [1.54, 1.807) is 32.2 Å². The van der Waals surface area contributed by atoms with Crippen LogP contribution in [0.25, 0.3) is 0 Å². The molecule has 0 aromatic heterocycles. The number of rotatable bonds is 2. The van der Waals surface area contributed by atoms with Crippen LogP contribution in [0.5, 0.6) is 0 Å². The van der Waals surface area contributed by atoms with Crippen LogP contribution in [0.4, 0.5) is 0 Å². The summed E-state index contributed by atoms with van der Waals surface area (Å²) in [6, 6.07) is 0. The van der Waals surface area contributed by atoms with Gasteiger partial charge in [0.15, 0.2) is 0 Å². The Kier molecular flexibility index (Phi) is 7.62. The van der Waals surface area contributed by atoms with E-state index in [1.807, 2.05) is 70.6 Å². The first-order chi connectivity index (χ1) is 12.7. The van der Waals surface area contributed by atoms with Gasteiger partial charge in [-0.25, -0.2) is 0 Å². The summed E-state index contributed by atoms with van der Waals surface area (Å²) in [5, 5.41) is 0. The summed E-state index contributed by atoms with van der Waals surface area (Å²) in [4.78, 5) is 0. The van der Waals surface area contributed by atoms with E-state index >= 15 is 0 Å². The molecule has 0 aromatic carbocycles. The molecular weight excluding hydrogens is 647 g/mol. The second kappa shape index (κ2) is 9.39. The van der Waals surface area contributed by atoms with E-state index in [2.05, 4.69) is 59.6 Å². The molecule has 0 aliphatic carbocycles. The van der Waals surface area contributed by atoms with Gasteiger partial charge in [-0.15, -0.1) is 0 Å². The Bertz CT molecular complexity index is 729. The summed E-state index contributed by atoms with van der Waals surface area (Å²) in [6.45, 7) is 0. The van der Waals surface area contributed by atoms with Crippen molar-refractivity contribution in [1.29, 1.82) is 0 Å². The van der Waals surface area contributed by atoms with Gasteiger partial charge >= 0.3 is 212 Å². The quantitative estimate of drug-likeness (QED) is 0.270. The van der Waals surface area contributed by atoms with Gasteiger partial charge in [0.2, 0.25) is 0 Å². The first-order valence-electron chi connectivity index (χ1n) is 7.23. The maximum atomic E-state index is 2.25. The van der Waals surface area contributed by atoms with Gasteiger partial charge in [-0.1, -0.05) is 0 Å². The summed E-state index contributed by atoms with van der Waals surface area (Å²) in [5.74, 6) is 2.54. The van der Waals surface area contributed by atoms with Crippen LogP contribution in [0.1, 0.15) is 0 Å². The molecular formula is C14H10S10Se2. The van der Waals surface area contributed by atoms with Crippen molar-refractivity contribution >= 4 is 148 Å². The molecule has 0 bridgehead atoms. The third-order valence-electron chi connectivity index (χ3n) is 3.24. The fourth-order valence-electron chi connectivity index (χ4n) is 2.16. The van der Waals surface area contributed by atoms with Crippen LogP contribution in [0, 0.1) is 0 Å². The molecule has 5 heterocycles. The van der Waals surface area contributed by atoms with E-state index in [4.69, 9.17) is 0 Å². The van der Waals surface area contributed by atoms with E-state index < -0.39 is 0 Å². The van der Waals surface area contributed by atoms with Gasteiger partial charge in [0.05, 0.1) is 0 Å². The fourth-order valence-corrected chi connectivity index (χ4v) is 26.6. The summed E-state index contributed by atoms with van der Waals surface area (Å²) in [7, 11) is 0. The molecule has 0 spiro atoms. The molecule has 5 aliphatic heterocycles. The van der Waals surface area contributed by atoms with Crippen LogP contribution in [-0.2, 0) is 0 Å². The first-order valence-corrected chi connectivity index (χ1v) is 20.0. The molecule has 26 heavy (non-hydrogen) atoms. The molecule has 12 heteroatoms. The van der Waals surface area contributed by atoms with Crippen LogP contribution >= 0.6 is 118 Å². The van der Waals surface area contributed by atoms with E-state index in [9.17, 15) is 0 Å². The second-order valence-corrected chi connectivity index (χ2v) is 23.3. The van der Waals surface area contributed by atoms with Crippen molar-refractivity contribution in [2.24, 2.45) is 0 Å². The summed E-state index contributed by atoms with van der Waals surface area (Å²) < 4.78 is 16.0. The van der Waals surface area contributed by atoms with Gasteiger partial charge in [-0.05, 0) is 0 Å². The van der Waals surface area contributed by atoms with Crippen LogP contribution in [-0.4, -0.2) is 53.9 Å². The maximum absolute atomic E-state index is 2.25. The Morgan fingerprint density at radius 2 is 0.962 bits per heavy atom. The Morgan fingerprint density at radius 3 is 1.38 bits per heavy atom. The molecule has 0 N–H and O–H groups in total. The molecule has 5 aliphatic rings. The van der Waals surface area contributed by atoms with Gasteiger partial charge < -0.3 is 0 Å². The molecule has 0 amide bonds. The van der Waals surface area contributed by atoms with E-state index in [0.29, 0.717) is 29.9 Å². The van der Waals surface area contributed by atoms with Gasteiger partial charge in [0.25, 0.3) is 0 Å². The van der Waals surface area contributed by atoms with Gasteiger partial charge in [0.1, 0.15) is 0 Å². The van der Waals surface area contributed by atoms with Crippen molar-refractivity contribution in [3.05, 3.63) is 40.6 Å². The predicted octanol–water partition coefficient (Wildman–Crippen LogP) is 7.69. The van der Waals surface area contributed by atoms with Gasteiger partial charge in [-0.2, -0.15) is 0 Å². The van der Waals surface area contributed by atoms with E-state index in [-0.39, 0.29) is 0 Å². The van der Waals surface area contributed by atoms with Crippen molar-refractivity contribution < 1.29 is 0 Å². The van der Waals surface area contributed by atoms with Crippen molar-refractivity contribution in [3.8, 4) is 0 Å². The molecule has 0 aromatic rings. The fraction of sp³-hybridized carbons (Fsp3) is 0.286. The zero-order chi connectivity index (χ0) is 17.7. The van der Waals surface area contributed by atoms with Crippen LogP contribution < -0.4 is 0 Å². The molecule has 0 saturated heterocycles. The van der Waals surface area contributed by atoms with E-state index in [1.165, 1.54) is 20.0 Å². The third-order valence-corrected chi connectivity index (χ3v) is 26.9. The molecule has 0 unspecified atom stereocenters. The van der Waals surface area contributed by atoms with Gasteiger partial charge in [-0.3, -0.25) is 0 Å². The molecule has 5 rings (SSSR count). The van der Waals surface area contributed by atoms with Crippen molar-refractivity contribution in [2.45, 2.75) is 0 Å². The Morgan fingerprint density at radius 1 is 0.577 bits per heavy atom. The molecule has 138 valence electrons. The summed E-state index contributed by atoms with van der Waals surface area (Å²) >= 11 is 21.5. The number of thioether (sulfide) groups is 10. The monoisotopic (exact) mass is 658 g/mol. The van der Waals surface area contributed by atoms with Crippen molar-refractivity contribution in [3.63, 3.8) is 0 Å². The average molecular weight is 657 g/mol. The Hall–Kier alpha value is 3.24. The third kappa shape index (κ3) is 4.27. The zero-order valence-corrected chi connectivity index (χ0v) is 24.9. The van der Waals surface area contributed by atoms with Crippen molar-refractivity contribution in [2.75, 3.05) is 24.0 Å². The molecule has 0 fully saturated rings. The molecule has 0 saturated carbocycles. The topological polar surface area (TPSA) is 0 Å². The second-order valence-electron chi connectivity index (χ2n) is 4.80. The normalized spacial score (nSPS) is 26.1. The van der Waals surface area contributed by atoms with Crippen LogP contribution in [0.3, 0.4) is 0 Å². The number of hydrogen-bond acceptors (Lipinski definition) is 10. The zero-order valence-electron chi connectivity index (χ0n) is 13.3. The SMILES string of the molecule is CSC1=C(SC)[Se]C(=C2SC3=C(SC(=C4SC5=C(SCCS5)S4)S3)S2)[Se]1. The Labute approximate surface area is 209 Å². The number of hydrogen-bond donors (Lipinski definition) is 0. The molecule has 0 radical (unpaired) electrons. The van der Waals surface area contributed by atoms with Crippen LogP contribution in [0.2, 0.25) is 0 Å². The summed E-state index contributed by atoms with van der Waals surface area (Å²) in [6.07, 6.45) is 4.49. The minimum atomic E-state index is 0.581. The average Bonchev–Trinajstić information content (AvgIpc) is 3.39. The predicted molar refractivity (Wildman–Crippen MR) is 144 cm³/mol. The van der Waals surface area contributed by atoms with Crippen LogP contribution in [0.15, 0.2) is 40.6 Å². The Balaban J connectivity index is 1.27. The molecule has 0 atom stereocenters. The summed E-state index contributed by atoms with van der Waals surface area (Å²) in [5.41, 5.74) is 0. The van der Waals surface area contributed by atoms with E-state index in [0.717, 1.165) is 0 Å². The minimum absolute atomic E-state index is 0.581. The standard InChI is InChI=1S/C14H10S10Se2/c1-15-12-13(16-2)26-14(25-12)11-23-9-10(24-11)22-8(21-9)7-19-5-6(20-7)18-4-3-17-5/h3-4H2,1-2H3. The van der Waals surface area contributed by atoms with Crippen molar-refractivity contribution in [1.82, 2.24) is 0 Å². The first kappa shape index (κ1) is 21.1. The molecule has 0 nitrogen and oxygen atoms in total.